The second kappa shape index (κ2) is 3.28. The second-order valence-electron chi connectivity index (χ2n) is 3.38. The summed E-state index contributed by atoms with van der Waals surface area (Å²) in [6, 6.07) is 0.473. The third-order valence-electron chi connectivity index (χ3n) is 2.39. The van der Waals surface area contributed by atoms with E-state index in [2.05, 4.69) is 22.2 Å². The van der Waals surface area contributed by atoms with Gasteiger partial charge in [0, 0.05) is 6.04 Å². The Bertz CT molecular complexity index is 303. The van der Waals surface area contributed by atoms with Gasteiger partial charge in [-0.1, -0.05) is 13.3 Å². The van der Waals surface area contributed by atoms with Gasteiger partial charge in [0.15, 0.2) is 0 Å². The number of halogens is 1. The molecule has 3 nitrogen and oxygen atoms in total. The van der Waals surface area contributed by atoms with Gasteiger partial charge in [-0.25, -0.2) is 0 Å². The summed E-state index contributed by atoms with van der Waals surface area (Å²) in [4.78, 5) is 7.40. The molecule has 1 aromatic heterocycles. The van der Waals surface area contributed by atoms with E-state index in [1.807, 2.05) is 0 Å². The molecule has 1 aliphatic carbocycles. The molecule has 1 heterocycles. The fourth-order valence-electron chi connectivity index (χ4n) is 1.48. The smallest absolute Gasteiger partial charge is 0.233 e. The molecule has 0 radical (unpaired) electrons. The third-order valence-corrected chi connectivity index (χ3v) is 2.39. The predicted octanol–water partition coefficient (Wildman–Crippen LogP) is 1.83. The van der Waals surface area contributed by atoms with Crippen LogP contribution in [0.1, 0.15) is 19.8 Å². The molecule has 0 spiro atoms. The van der Waals surface area contributed by atoms with Crippen molar-refractivity contribution in [1.82, 2.24) is 9.97 Å². The van der Waals surface area contributed by atoms with Crippen LogP contribution in [0.15, 0.2) is 12.4 Å². The van der Waals surface area contributed by atoms with Crippen molar-refractivity contribution in [3.05, 3.63) is 18.3 Å². The summed E-state index contributed by atoms with van der Waals surface area (Å²) in [5.74, 6) is 0.740. The van der Waals surface area contributed by atoms with Crippen LogP contribution in [-0.2, 0) is 0 Å². The molecule has 1 saturated carbocycles. The molecular formula is C9H12FN3. The van der Waals surface area contributed by atoms with Gasteiger partial charge in [0.25, 0.3) is 0 Å². The van der Waals surface area contributed by atoms with Crippen molar-refractivity contribution in [2.75, 3.05) is 5.32 Å². The van der Waals surface area contributed by atoms with E-state index < -0.39 is 5.95 Å². The molecule has 1 aliphatic rings. The van der Waals surface area contributed by atoms with Gasteiger partial charge in [0.05, 0.1) is 12.4 Å². The van der Waals surface area contributed by atoms with E-state index in [0.29, 0.717) is 11.9 Å². The van der Waals surface area contributed by atoms with Gasteiger partial charge in [0.1, 0.15) is 5.82 Å². The van der Waals surface area contributed by atoms with Crippen LogP contribution in [0.2, 0.25) is 0 Å². The summed E-state index contributed by atoms with van der Waals surface area (Å²) < 4.78 is 12.6. The maximum absolute atomic E-state index is 12.6. The van der Waals surface area contributed by atoms with Crippen LogP contribution in [0.25, 0.3) is 0 Å². The summed E-state index contributed by atoms with van der Waals surface area (Å²) in [7, 11) is 0. The topological polar surface area (TPSA) is 37.8 Å². The highest BCUT2D eigenvalue weighted by Gasteiger charge is 2.35. The number of hydrogen-bond donors (Lipinski definition) is 1. The molecule has 2 unspecified atom stereocenters. The minimum atomic E-state index is -0.529. The Morgan fingerprint density at radius 3 is 3.08 bits per heavy atom. The average molecular weight is 181 g/mol. The summed E-state index contributed by atoms with van der Waals surface area (Å²) in [5.41, 5.74) is 0. The molecule has 1 N–H and O–H groups in total. The fourth-order valence-corrected chi connectivity index (χ4v) is 1.48. The molecule has 1 aromatic rings. The molecule has 70 valence electrons. The number of rotatable bonds is 3. The van der Waals surface area contributed by atoms with Gasteiger partial charge in [-0.15, -0.1) is 0 Å². The molecule has 0 aromatic carbocycles. The zero-order valence-corrected chi connectivity index (χ0v) is 7.50. The minimum Gasteiger partial charge on any atom is -0.366 e. The molecule has 2 rings (SSSR count). The Morgan fingerprint density at radius 1 is 1.62 bits per heavy atom. The minimum absolute atomic E-state index is 0.473. The van der Waals surface area contributed by atoms with Gasteiger partial charge in [-0.05, 0) is 12.3 Å². The summed E-state index contributed by atoms with van der Waals surface area (Å²) in [6.45, 7) is 2.16. The molecule has 0 bridgehead atoms. The monoisotopic (exact) mass is 181 g/mol. The molecule has 4 heteroatoms. The highest BCUT2D eigenvalue weighted by molar-refractivity contribution is 5.34. The van der Waals surface area contributed by atoms with Crippen molar-refractivity contribution in [3.8, 4) is 0 Å². The van der Waals surface area contributed by atoms with Crippen LogP contribution in [0.5, 0.6) is 0 Å². The van der Waals surface area contributed by atoms with Crippen molar-refractivity contribution in [2.45, 2.75) is 25.8 Å². The van der Waals surface area contributed by atoms with E-state index in [1.54, 1.807) is 6.20 Å². The standard InChI is InChI=1S/C9H12FN3/c1-2-6-3-7(6)12-9-5-11-4-8(10)13-9/h4-7H,2-3H2,1H3,(H,12,13). The van der Waals surface area contributed by atoms with Crippen molar-refractivity contribution in [1.29, 1.82) is 0 Å². The van der Waals surface area contributed by atoms with Crippen LogP contribution in [-0.4, -0.2) is 16.0 Å². The lowest BCUT2D eigenvalue weighted by Crippen LogP contribution is -2.06. The van der Waals surface area contributed by atoms with Crippen molar-refractivity contribution in [3.63, 3.8) is 0 Å². The molecule has 13 heavy (non-hydrogen) atoms. The van der Waals surface area contributed by atoms with E-state index in [9.17, 15) is 4.39 Å². The van der Waals surface area contributed by atoms with E-state index >= 15 is 0 Å². The first-order chi connectivity index (χ1) is 6.29. The number of nitrogens with one attached hydrogen (secondary N) is 1. The summed E-state index contributed by atoms with van der Waals surface area (Å²) >= 11 is 0. The first-order valence-electron chi connectivity index (χ1n) is 4.53. The van der Waals surface area contributed by atoms with Crippen molar-refractivity contribution >= 4 is 5.82 Å². The fraction of sp³-hybridized carbons (Fsp3) is 0.556. The van der Waals surface area contributed by atoms with Crippen LogP contribution in [0.4, 0.5) is 10.2 Å². The first kappa shape index (κ1) is 8.41. The van der Waals surface area contributed by atoms with E-state index in [4.69, 9.17) is 0 Å². The molecule has 2 atom stereocenters. The lowest BCUT2D eigenvalue weighted by Gasteiger charge is -2.02. The van der Waals surface area contributed by atoms with Crippen LogP contribution >= 0.6 is 0 Å². The van der Waals surface area contributed by atoms with Gasteiger partial charge >= 0.3 is 0 Å². The van der Waals surface area contributed by atoms with Gasteiger partial charge in [-0.3, -0.25) is 4.98 Å². The van der Waals surface area contributed by atoms with Gasteiger partial charge in [-0.2, -0.15) is 9.37 Å². The molecular weight excluding hydrogens is 169 g/mol. The summed E-state index contributed by atoms with van der Waals surface area (Å²) in [5, 5.41) is 3.14. The zero-order valence-electron chi connectivity index (χ0n) is 7.50. The summed E-state index contributed by atoms with van der Waals surface area (Å²) in [6.07, 6.45) is 4.98. The Hall–Kier alpha value is -1.19. The SMILES string of the molecule is CCC1CC1Nc1cncc(F)n1. The first-order valence-corrected chi connectivity index (χ1v) is 4.53. The Kier molecular flexibility index (Phi) is 2.12. The quantitative estimate of drug-likeness (QED) is 0.773. The molecule has 0 saturated heterocycles. The molecule has 1 fully saturated rings. The second-order valence-corrected chi connectivity index (χ2v) is 3.38. The molecule has 0 aliphatic heterocycles. The Morgan fingerprint density at radius 2 is 2.46 bits per heavy atom. The lowest BCUT2D eigenvalue weighted by molar-refractivity contribution is 0.577. The maximum atomic E-state index is 12.6. The number of aromatic nitrogens is 2. The molecule has 0 amide bonds. The lowest BCUT2D eigenvalue weighted by atomic mass is 10.3. The van der Waals surface area contributed by atoms with E-state index in [-0.39, 0.29) is 0 Å². The predicted molar refractivity (Wildman–Crippen MR) is 47.8 cm³/mol. The van der Waals surface area contributed by atoms with Gasteiger partial charge in [0.2, 0.25) is 5.95 Å². The van der Waals surface area contributed by atoms with E-state index in [1.165, 1.54) is 6.42 Å². The zero-order chi connectivity index (χ0) is 9.26. The van der Waals surface area contributed by atoms with Crippen LogP contribution in [0, 0.1) is 11.9 Å². The Balaban J connectivity index is 1.95. The van der Waals surface area contributed by atoms with E-state index in [0.717, 1.165) is 18.5 Å². The Labute approximate surface area is 76.4 Å². The normalized spacial score (nSPS) is 25.7. The number of hydrogen-bond acceptors (Lipinski definition) is 3. The number of nitrogens with zero attached hydrogens (tertiary/aromatic N) is 2. The highest BCUT2D eigenvalue weighted by Crippen LogP contribution is 2.35. The largest absolute Gasteiger partial charge is 0.366 e. The average Bonchev–Trinajstić information content (AvgIpc) is 2.83. The highest BCUT2D eigenvalue weighted by atomic mass is 19.1. The maximum Gasteiger partial charge on any atom is 0.233 e. The number of anilines is 1. The van der Waals surface area contributed by atoms with Crippen LogP contribution in [0.3, 0.4) is 0 Å². The van der Waals surface area contributed by atoms with Crippen LogP contribution < -0.4 is 5.32 Å². The van der Waals surface area contributed by atoms with Gasteiger partial charge < -0.3 is 5.32 Å². The third kappa shape index (κ3) is 1.94. The van der Waals surface area contributed by atoms with Crippen molar-refractivity contribution in [2.24, 2.45) is 5.92 Å². The van der Waals surface area contributed by atoms with Crippen molar-refractivity contribution < 1.29 is 4.39 Å².